The standard InChI is InChI=1S/C27H27BrN4O6/c1-17-6-4-5-7-22(17)31-24(33)16-38-25-21(28)12-19(13-23(25)37-3)15-30-32-27(35)26(34)29-14-18-8-10-20(36-2)11-9-18/h4-13,15H,14,16H2,1-3H3,(H,29,34)(H,31,33)(H,32,35)/b30-15-. The Labute approximate surface area is 228 Å². The summed E-state index contributed by atoms with van der Waals surface area (Å²) >= 11 is 3.41. The molecule has 38 heavy (non-hydrogen) atoms. The van der Waals surface area contributed by atoms with E-state index in [4.69, 9.17) is 14.2 Å². The molecule has 3 N–H and O–H groups in total. The van der Waals surface area contributed by atoms with Gasteiger partial charge in [0.1, 0.15) is 5.75 Å². The second-order valence-electron chi connectivity index (χ2n) is 7.92. The number of halogens is 1. The lowest BCUT2D eigenvalue weighted by Crippen LogP contribution is -2.37. The molecule has 0 saturated carbocycles. The number of carbonyl (C=O) groups is 3. The van der Waals surface area contributed by atoms with Gasteiger partial charge in [-0.2, -0.15) is 5.10 Å². The minimum absolute atomic E-state index is 0.175. The second kappa shape index (κ2) is 13.8. The summed E-state index contributed by atoms with van der Waals surface area (Å²) in [5, 5.41) is 9.15. The van der Waals surface area contributed by atoms with E-state index in [-0.39, 0.29) is 19.1 Å². The highest BCUT2D eigenvalue weighted by Gasteiger charge is 2.15. The number of para-hydroxylation sites is 1. The van der Waals surface area contributed by atoms with Gasteiger partial charge in [-0.15, -0.1) is 0 Å². The Balaban J connectivity index is 1.53. The third kappa shape index (κ3) is 8.07. The smallest absolute Gasteiger partial charge is 0.329 e. The molecule has 0 aliphatic heterocycles. The first-order chi connectivity index (χ1) is 18.3. The van der Waals surface area contributed by atoms with Gasteiger partial charge < -0.3 is 24.8 Å². The van der Waals surface area contributed by atoms with Gasteiger partial charge in [0.15, 0.2) is 18.1 Å². The Bertz CT molecular complexity index is 1330. The Hall–Kier alpha value is -4.38. The molecule has 0 heterocycles. The minimum atomic E-state index is -0.916. The lowest BCUT2D eigenvalue weighted by Gasteiger charge is -2.14. The van der Waals surface area contributed by atoms with Crippen LogP contribution in [0.15, 0.2) is 70.2 Å². The second-order valence-corrected chi connectivity index (χ2v) is 8.77. The molecular weight excluding hydrogens is 556 g/mol. The maximum Gasteiger partial charge on any atom is 0.329 e. The number of benzene rings is 3. The summed E-state index contributed by atoms with van der Waals surface area (Å²) in [5.41, 5.74) is 5.18. The van der Waals surface area contributed by atoms with E-state index in [0.29, 0.717) is 33.0 Å². The van der Waals surface area contributed by atoms with Gasteiger partial charge in [-0.05, 0) is 69.9 Å². The molecule has 3 aromatic rings. The lowest BCUT2D eigenvalue weighted by molar-refractivity contribution is -0.139. The summed E-state index contributed by atoms with van der Waals surface area (Å²) in [4.78, 5) is 36.4. The summed E-state index contributed by atoms with van der Waals surface area (Å²) in [6.07, 6.45) is 1.34. The van der Waals surface area contributed by atoms with Crippen LogP contribution in [0.25, 0.3) is 0 Å². The summed E-state index contributed by atoms with van der Waals surface area (Å²) in [7, 11) is 3.02. The number of hydrogen-bond donors (Lipinski definition) is 3. The van der Waals surface area contributed by atoms with Crippen LogP contribution in [0.4, 0.5) is 5.69 Å². The molecule has 0 aliphatic rings. The van der Waals surface area contributed by atoms with Gasteiger partial charge >= 0.3 is 11.8 Å². The molecule has 0 unspecified atom stereocenters. The van der Waals surface area contributed by atoms with Crippen molar-refractivity contribution in [3.05, 3.63) is 81.8 Å². The predicted molar refractivity (Wildman–Crippen MR) is 147 cm³/mol. The van der Waals surface area contributed by atoms with Gasteiger partial charge in [-0.3, -0.25) is 14.4 Å². The summed E-state index contributed by atoms with van der Waals surface area (Å²) in [5.74, 6) is -0.713. The van der Waals surface area contributed by atoms with Gasteiger partial charge in [-0.1, -0.05) is 30.3 Å². The highest BCUT2D eigenvalue weighted by molar-refractivity contribution is 9.10. The molecule has 0 aromatic heterocycles. The first kappa shape index (κ1) is 28.2. The van der Waals surface area contributed by atoms with Crippen LogP contribution in [0.3, 0.4) is 0 Å². The summed E-state index contributed by atoms with van der Waals surface area (Å²) < 4.78 is 16.7. The van der Waals surface area contributed by atoms with Crippen molar-refractivity contribution in [1.29, 1.82) is 0 Å². The fraction of sp³-hybridized carbons (Fsp3) is 0.185. The fourth-order valence-corrected chi connectivity index (χ4v) is 3.79. The summed E-state index contributed by atoms with van der Waals surface area (Å²) in [6, 6.07) is 17.8. The molecule has 10 nitrogen and oxygen atoms in total. The van der Waals surface area contributed by atoms with E-state index >= 15 is 0 Å². The largest absolute Gasteiger partial charge is 0.497 e. The molecule has 0 radical (unpaired) electrons. The minimum Gasteiger partial charge on any atom is -0.497 e. The van der Waals surface area contributed by atoms with Crippen molar-refractivity contribution in [1.82, 2.24) is 10.7 Å². The Morgan fingerprint density at radius 3 is 2.39 bits per heavy atom. The molecule has 11 heteroatoms. The van der Waals surface area contributed by atoms with E-state index in [0.717, 1.165) is 11.1 Å². The summed E-state index contributed by atoms with van der Waals surface area (Å²) in [6.45, 7) is 1.83. The Kier molecular flexibility index (Phi) is 10.2. The molecule has 0 spiro atoms. The van der Waals surface area contributed by atoms with Crippen molar-refractivity contribution in [3.8, 4) is 17.2 Å². The van der Waals surface area contributed by atoms with Crippen LogP contribution in [0.5, 0.6) is 17.2 Å². The number of hydrazone groups is 1. The number of rotatable bonds is 10. The number of methoxy groups -OCH3 is 2. The fourth-order valence-electron chi connectivity index (χ4n) is 3.21. The third-order valence-electron chi connectivity index (χ3n) is 5.22. The van der Waals surface area contributed by atoms with Crippen LogP contribution in [0.1, 0.15) is 16.7 Å². The average Bonchev–Trinajstić information content (AvgIpc) is 2.92. The maximum atomic E-state index is 12.3. The van der Waals surface area contributed by atoms with Gasteiger partial charge in [0.25, 0.3) is 5.91 Å². The quantitative estimate of drug-likeness (QED) is 0.190. The highest BCUT2D eigenvalue weighted by Crippen LogP contribution is 2.36. The van der Waals surface area contributed by atoms with E-state index < -0.39 is 11.8 Å². The lowest BCUT2D eigenvalue weighted by atomic mass is 10.2. The van der Waals surface area contributed by atoms with Crippen LogP contribution in [0, 0.1) is 6.92 Å². The van der Waals surface area contributed by atoms with Crippen LogP contribution in [-0.4, -0.2) is 44.8 Å². The zero-order chi connectivity index (χ0) is 27.5. The van der Waals surface area contributed by atoms with Crippen LogP contribution in [-0.2, 0) is 20.9 Å². The van der Waals surface area contributed by atoms with E-state index in [1.165, 1.54) is 13.3 Å². The van der Waals surface area contributed by atoms with E-state index in [9.17, 15) is 14.4 Å². The number of aryl methyl sites for hydroxylation is 1. The SMILES string of the molecule is COc1ccc(CNC(=O)C(=O)N/N=C\c2cc(Br)c(OCC(=O)Nc3ccccc3C)c(OC)c2)cc1. The molecule has 0 saturated heterocycles. The highest BCUT2D eigenvalue weighted by atomic mass is 79.9. The molecule has 0 bridgehead atoms. The molecule has 3 amide bonds. The van der Waals surface area contributed by atoms with Crippen LogP contribution >= 0.6 is 15.9 Å². The number of carbonyl (C=O) groups excluding carboxylic acids is 3. The molecular formula is C27H27BrN4O6. The Morgan fingerprint density at radius 2 is 1.71 bits per heavy atom. The van der Waals surface area contributed by atoms with Gasteiger partial charge in [0, 0.05) is 12.2 Å². The van der Waals surface area contributed by atoms with Crippen molar-refractivity contribution >= 4 is 45.6 Å². The number of hydrogen-bond acceptors (Lipinski definition) is 7. The number of nitrogens with zero attached hydrogens (tertiary/aromatic N) is 1. The number of ether oxygens (including phenoxy) is 3. The van der Waals surface area contributed by atoms with E-state index in [1.54, 1.807) is 49.6 Å². The van der Waals surface area contributed by atoms with Crippen molar-refractivity contribution in [2.45, 2.75) is 13.5 Å². The predicted octanol–water partition coefficient (Wildman–Crippen LogP) is 3.56. The monoisotopic (exact) mass is 582 g/mol. The topological polar surface area (TPSA) is 127 Å². The first-order valence-electron chi connectivity index (χ1n) is 11.4. The van der Waals surface area contributed by atoms with Crippen LogP contribution < -0.4 is 30.3 Å². The van der Waals surface area contributed by atoms with Crippen molar-refractivity contribution in [2.24, 2.45) is 5.10 Å². The molecule has 3 rings (SSSR count). The average molecular weight is 583 g/mol. The number of nitrogens with one attached hydrogen (secondary N) is 3. The molecule has 0 aliphatic carbocycles. The maximum absolute atomic E-state index is 12.3. The van der Waals surface area contributed by atoms with E-state index in [1.807, 2.05) is 25.1 Å². The van der Waals surface area contributed by atoms with Crippen molar-refractivity contribution < 1.29 is 28.6 Å². The van der Waals surface area contributed by atoms with Crippen molar-refractivity contribution in [3.63, 3.8) is 0 Å². The molecule has 0 atom stereocenters. The molecule has 3 aromatic carbocycles. The van der Waals surface area contributed by atoms with Gasteiger partial charge in [0.2, 0.25) is 0 Å². The van der Waals surface area contributed by atoms with Gasteiger partial charge in [0.05, 0.1) is 24.9 Å². The van der Waals surface area contributed by atoms with E-state index in [2.05, 4.69) is 37.1 Å². The Morgan fingerprint density at radius 1 is 0.974 bits per heavy atom. The zero-order valence-corrected chi connectivity index (χ0v) is 22.6. The number of amides is 3. The van der Waals surface area contributed by atoms with Crippen LogP contribution in [0.2, 0.25) is 0 Å². The van der Waals surface area contributed by atoms with Gasteiger partial charge in [-0.25, -0.2) is 5.43 Å². The third-order valence-corrected chi connectivity index (χ3v) is 5.81. The molecule has 0 fully saturated rings. The van der Waals surface area contributed by atoms with Crippen molar-refractivity contribution in [2.75, 3.05) is 26.1 Å². The zero-order valence-electron chi connectivity index (χ0n) is 21.0. The number of anilines is 1. The normalized spacial score (nSPS) is 10.5. The molecule has 198 valence electrons. The first-order valence-corrected chi connectivity index (χ1v) is 12.2.